The fourth-order valence-electron chi connectivity index (χ4n) is 2.43. The van der Waals surface area contributed by atoms with Gasteiger partial charge in [0.15, 0.2) is 0 Å². The third-order valence-electron chi connectivity index (χ3n) is 3.90. The van der Waals surface area contributed by atoms with E-state index in [1.165, 1.54) is 77.0 Å². The Kier molecular flexibility index (Phi) is 16.0. The molecule has 1 unspecified atom stereocenters. The van der Waals surface area contributed by atoms with Gasteiger partial charge in [0.25, 0.3) is 0 Å². The first-order valence-corrected chi connectivity index (χ1v) is 8.91. The van der Waals surface area contributed by atoms with E-state index in [1.54, 1.807) is 0 Å². The summed E-state index contributed by atoms with van der Waals surface area (Å²) in [4.78, 5) is 10.5. The third kappa shape index (κ3) is 15.5. The fourth-order valence-corrected chi connectivity index (χ4v) is 2.43. The highest BCUT2D eigenvalue weighted by Gasteiger charge is 1.98. The first kappa shape index (κ1) is 19.4. The van der Waals surface area contributed by atoms with Crippen molar-refractivity contribution in [2.75, 3.05) is 0 Å². The minimum Gasteiger partial charge on any atom is -0.303 e. The van der Waals surface area contributed by atoms with Crippen molar-refractivity contribution in [3.05, 3.63) is 12.2 Å². The van der Waals surface area contributed by atoms with Crippen molar-refractivity contribution in [2.24, 2.45) is 5.92 Å². The maximum absolute atomic E-state index is 10.5. The highest BCUT2D eigenvalue weighted by molar-refractivity contribution is 5.52. The van der Waals surface area contributed by atoms with E-state index in [0.29, 0.717) is 0 Å². The van der Waals surface area contributed by atoms with E-state index in [2.05, 4.69) is 19.1 Å². The summed E-state index contributed by atoms with van der Waals surface area (Å²) in [5.41, 5.74) is 0. The molecule has 1 atom stereocenters. The largest absolute Gasteiger partial charge is 0.303 e. The second-order valence-electron chi connectivity index (χ2n) is 6.13. The average Bonchev–Trinajstić information content (AvgIpc) is 2.47. The number of allylic oxidation sites excluding steroid dienone is 2. The summed E-state index contributed by atoms with van der Waals surface area (Å²) < 4.78 is 0. The van der Waals surface area contributed by atoms with Crippen molar-refractivity contribution in [1.82, 2.24) is 0 Å². The number of rotatable bonds is 15. The average molecular weight is 280 g/mol. The molecule has 0 aromatic rings. The smallest absolute Gasteiger partial charge is 0.122 e. The lowest BCUT2D eigenvalue weighted by atomic mass is 10.0. The summed E-state index contributed by atoms with van der Waals surface area (Å²) >= 11 is 0. The predicted octanol–water partition coefficient (Wildman–Crippen LogP) is 6.47. The van der Waals surface area contributed by atoms with Gasteiger partial charge in [-0.15, -0.1) is 0 Å². The number of hydrogen-bond acceptors (Lipinski definition) is 1. The molecule has 0 N–H and O–H groups in total. The molecular formula is C19H36O. The molecule has 0 aromatic carbocycles. The number of unbranched alkanes of at least 4 members (excludes halogenated alkanes) is 10. The minimum absolute atomic E-state index is 0.257. The molecular weight excluding hydrogens is 244 g/mol. The summed E-state index contributed by atoms with van der Waals surface area (Å²) in [6.45, 7) is 4.28. The van der Waals surface area contributed by atoms with E-state index in [4.69, 9.17) is 0 Å². The number of aldehydes is 1. The normalized spacial score (nSPS) is 12.9. The zero-order valence-electron chi connectivity index (χ0n) is 13.9. The Morgan fingerprint density at radius 3 is 1.80 bits per heavy atom. The Hall–Kier alpha value is -0.590. The Morgan fingerprint density at radius 1 is 0.750 bits per heavy atom. The van der Waals surface area contributed by atoms with E-state index in [1.807, 2.05) is 6.92 Å². The van der Waals surface area contributed by atoms with Gasteiger partial charge in [0, 0.05) is 5.92 Å². The molecule has 0 radical (unpaired) electrons. The van der Waals surface area contributed by atoms with Crippen LogP contribution in [0.3, 0.4) is 0 Å². The molecule has 0 rings (SSSR count). The van der Waals surface area contributed by atoms with Gasteiger partial charge in [-0.1, -0.05) is 77.4 Å². The molecule has 0 amide bonds. The van der Waals surface area contributed by atoms with E-state index >= 15 is 0 Å². The highest BCUT2D eigenvalue weighted by Crippen LogP contribution is 2.11. The van der Waals surface area contributed by atoms with E-state index < -0.39 is 0 Å². The van der Waals surface area contributed by atoms with Crippen molar-refractivity contribution in [3.63, 3.8) is 0 Å². The van der Waals surface area contributed by atoms with Gasteiger partial charge in [-0.25, -0.2) is 0 Å². The van der Waals surface area contributed by atoms with Crippen LogP contribution in [-0.2, 0) is 4.79 Å². The maximum Gasteiger partial charge on any atom is 0.122 e. The van der Waals surface area contributed by atoms with Gasteiger partial charge in [-0.2, -0.15) is 0 Å². The second kappa shape index (κ2) is 16.5. The predicted molar refractivity (Wildman–Crippen MR) is 90.1 cm³/mol. The van der Waals surface area contributed by atoms with Gasteiger partial charge in [0.2, 0.25) is 0 Å². The lowest BCUT2D eigenvalue weighted by Gasteiger charge is -2.02. The number of carbonyl (C=O) groups excluding carboxylic acids is 1. The molecule has 1 nitrogen and oxygen atoms in total. The molecule has 0 saturated heterocycles. The zero-order chi connectivity index (χ0) is 14.9. The van der Waals surface area contributed by atoms with Crippen molar-refractivity contribution >= 4 is 6.29 Å². The van der Waals surface area contributed by atoms with Gasteiger partial charge < -0.3 is 4.79 Å². The lowest BCUT2D eigenvalue weighted by Crippen LogP contribution is -1.94. The van der Waals surface area contributed by atoms with Crippen LogP contribution in [0.15, 0.2) is 12.2 Å². The first-order chi connectivity index (χ1) is 9.81. The summed E-state index contributed by atoms with van der Waals surface area (Å²) in [5, 5.41) is 0. The lowest BCUT2D eigenvalue weighted by molar-refractivity contribution is -0.110. The van der Waals surface area contributed by atoms with Gasteiger partial charge in [0.05, 0.1) is 0 Å². The van der Waals surface area contributed by atoms with Crippen LogP contribution in [0.5, 0.6) is 0 Å². The summed E-state index contributed by atoms with van der Waals surface area (Å²) in [5.74, 6) is 0.257. The fraction of sp³-hybridized carbons (Fsp3) is 0.842. The van der Waals surface area contributed by atoms with Crippen LogP contribution in [0.1, 0.15) is 97.3 Å². The van der Waals surface area contributed by atoms with Crippen LogP contribution < -0.4 is 0 Å². The van der Waals surface area contributed by atoms with E-state index in [0.717, 1.165) is 12.7 Å². The monoisotopic (exact) mass is 280 g/mol. The van der Waals surface area contributed by atoms with Crippen LogP contribution in [0.2, 0.25) is 0 Å². The molecule has 0 saturated carbocycles. The zero-order valence-corrected chi connectivity index (χ0v) is 13.9. The Labute approximate surface area is 127 Å². The Morgan fingerprint density at radius 2 is 1.25 bits per heavy atom. The summed E-state index contributed by atoms with van der Waals surface area (Å²) in [6, 6.07) is 0. The van der Waals surface area contributed by atoms with Gasteiger partial charge >= 0.3 is 0 Å². The minimum atomic E-state index is 0.257. The second-order valence-corrected chi connectivity index (χ2v) is 6.13. The maximum atomic E-state index is 10.5. The van der Waals surface area contributed by atoms with Gasteiger partial charge in [0.1, 0.15) is 6.29 Å². The van der Waals surface area contributed by atoms with Crippen LogP contribution in [-0.4, -0.2) is 6.29 Å². The molecule has 0 heterocycles. The molecule has 0 aliphatic rings. The third-order valence-corrected chi connectivity index (χ3v) is 3.90. The van der Waals surface area contributed by atoms with Crippen molar-refractivity contribution in [1.29, 1.82) is 0 Å². The van der Waals surface area contributed by atoms with Crippen LogP contribution in [0, 0.1) is 5.92 Å². The molecule has 0 aliphatic heterocycles. The molecule has 20 heavy (non-hydrogen) atoms. The molecule has 118 valence electrons. The van der Waals surface area contributed by atoms with Crippen LogP contribution in [0.25, 0.3) is 0 Å². The van der Waals surface area contributed by atoms with E-state index in [9.17, 15) is 4.79 Å². The summed E-state index contributed by atoms with van der Waals surface area (Å²) in [6.07, 6.45) is 22.8. The first-order valence-electron chi connectivity index (χ1n) is 8.91. The summed E-state index contributed by atoms with van der Waals surface area (Å²) in [7, 11) is 0. The topological polar surface area (TPSA) is 17.1 Å². The molecule has 1 heteroatoms. The standard InChI is InChI=1S/C19H36O/c1-3-4-5-6-7-8-9-10-11-12-13-14-15-16-17-19(2)18-20/h10-11,18-19H,3-9,12-17H2,1-2H3. The van der Waals surface area contributed by atoms with Crippen LogP contribution >= 0.6 is 0 Å². The van der Waals surface area contributed by atoms with Crippen molar-refractivity contribution in [2.45, 2.75) is 97.3 Å². The van der Waals surface area contributed by atoms with Crippen molar-refractivity contribution < 1.29 is 4.79 Å². The van der Waals surface area contributed by atoms with E-state index in [-0.39, 0.29) is 5.92 Å². The molecule has 0 aromatic heterocycles. The van der Waals surface area contributed by atoms with Gasteiger partial charge in [-0.3, -0.25) is 0 Å². The Bertz CT molecular complexity index is 220. The quantitative estimate of drug-likeness (QED) is 0.191. The Balaban J connectivity index is 3.10. The van der Waals surface area contributed by atoms with Gasteiger partial charge in [-0.05, 0) is 32.1 Å². The number of carbonyl (C=O) groups is 1. The van der Waals surface area contributed by atoms with Crippen LogP contribution in [0.4, 0.5) is 0 Å². The molecule has 0 spiro atoms. The SMILES string of the molecule is CCCCCCCCC=CCCCCCCC(C)C=O. The highest BCUT2D eigenvalue weighted by atomic mass is 16.1. The molecule has 0 aliphatic carbocycles. The van der Waals surface area contributed by atoms with Crippen molar-refractivity contribution in [3.8, 4) is 0 Å². The molecule has 0 fully saturated rings. The number of hydrogen-bond donors (Lipinski definition) is 0. The molecule has 0 bridgehead atoms.